The number of rotatable bonds is 2. The van der Waals surface area contributed by atoms with Gasteiger partial charge in [-0.3, -0.25) is 5.10 Å². The Morgan fingerprint density at radius 3 is 2.95 bits per heavy atom. The molecule has 5 heteroatoms. The van der Waals surface area contributed by atoms with Gasteiger partial charge < -0.3 is 10.6 Å². The first kappa shape index (κ1) is 12.7. The van der Waals surface area contributed by atoms with Crippen molar-refractivity contribution in [2.45, 2.75) is 32.2 Å². The summed E-state index contributed by atoms with van der Waals surface area (Å²) in [5.74, 6) is 0. The number of nitrogens with zero attached hydrogens (tertiary/aromatic N) is 1. The lowest BCUT2D eigenvalue weighted by molar-refractivity contribution is 0.247. The van der Waals surface area contributed by atoms with Crippen molar-refractivity contribution in [1.29, 1.82) is 0 Å². The summed E-state index contributed by atoms with van der Waals surface area (Å²) < 4.78 is 0. The summed E-state index contributed by atoms with van der Waals surface area (Å²) in [6.07, 6.45) is 4.60. The van der Waals surface area contributed by atoms with Crippen molar-refractivity contribution in [3.8, 4) is 0 Å². The number of aryl methyl sites for hydroxylation is 2. The predicted molar refractivity (Wildman–Crippen MR) is 77.7 cm³/mol. The van der Waals surface area contributed by atoms with Gasteiger partial charge in [-0.1, -0.05) is 17.7 Å². The summed E-state index contributed by atoms with van der Waals surface area (Å²) >= 11 is 0. The molecule has 0 fully saturated rings. The van der Waals surface area contributed by atoms with E-state index in [1.807, 2.05) is 37.4 Å². The van der Waals surface area contributed by atoms with Crippen molar-refractivity contribution in [3.63, 3.8) is 0 Å². The van der Waals surface area contributed by atoms with E-state index in [-0.39, 0.29) is 12.1 Å². The second kappa shape index (κ2) is 5.36. The van der Waals surface area contributed by atoms with Crippen LogP contribution in [0, 0.1) is 6.92 Å². The van der Waals surface area contributed by atoms with Crippen LogP contribution < -0.4 is 10.6 Å². The highest BCUT2D eigenvalue weighted by molar-refractivity contribution is 5.89. The topological polar surface area (TPSA) is 69.8 Å². The minimum Gasteiger partial charge on any atom is -0.335 e. The highest BCUT2D eigenvalue weighted by atomic mass is 16.2. The third-order valence-corrected chi connectivity index (χ3v) is 3.66. The van der Waals surface area contributed by atoms with Crippen LogP contribution in [0.2, 0.25) is 0 Å². The molecule has 5 nitrogen and oxygen atoms in total. The molecule has 0 saturated carbocycles. The maximum Gasteiger partial charge on any atom is 0.319 e. The number of nitrogens with one attached hydrogen (secondary N) is 3. The molecular formula is C15H18N4O. The number of carbonyl (C=O) groups excluding carboxylic acids is 1. The lowest BCUT2D eigenvalue weighted by atomic mass is 9.94. The Bertz CT molecular complexity index is 603. The Morgan fingerprint density at radius 2 is 2.15 bits per heavy atom. The molecule has 2 amide bonds. The third kappa shape index (κ3) is 2.82. The van der Waals surface area contributed by atoms with Crippen molar-refractivity contribution in [3.05, 3.63) is 47.3 Å². The summed E-state index contributed by atoms with van der Waals surface area (Å²) in [4.78, 5) is 12.0. The molecule has 0 radical (unpaired) electrons. The van der Waals surface area contributed by atoms with Gasteiger partial charge in [-0.05, 0) is 37.5 Å². The fraction of sp³-hybridized carbons (Fsp3) is 0.333. The van der Waals surface area contributed by atoms with Gasteiger partial charge in [-0.25, -0.2) is 4.79 Å². The van der Waals surface area contributed by atoms with Crippen molar-refractivity contribution in [2.75, 3.05) is 5.32 Å². The molecule has 0 bridgehead atoms. The number of hydrogen-bond donors (Lipinski definition) is 3. The van der Waals surface area contributed by atoms with Gasteiger partial charge in [0.25, 0.3) is 0 Å². The Hall–Kier alpha value is -2.30. The SMILES string of the molecule is Cc1ccc(NC(=O)NC2CCc3cn[nH]c3C2)cc1. The largest absolute Gasteiger partial charge is 0.335 e. The molecule has 3 rings (SSSR count). The van der Waals surface area contributed by atoms with Crippen LogP contribution in [0.25, 0.3) is 0 Å². The smallest absolute Gasteiger partial charge is 0.319 e. The number of aromatic amines is 1. The second-order valence-corrected chi connectivity index (χ2v) is 5.28. The van der Waals surface area contributed by atoms with Crippen molar-refractivity contribution in [1.82, 2.24) is 15.5 Å². The van der Waals surface area contributed by atoms with E-state index in [0.29, 0.717) is 0 Å². The summed E-state index contributed by atoms with van der Waals surface area (Å²) in [5.41, 5.74) is 4.39. The fourth-order valence-corrected chi connectivity index (χ4v) is 2.52. The van der Waals surface area contributed by atoms with Gasteiger partial charge in [0.05, 0.1) is 6.20 Å². The summed E-state index contributed by atoms with van der Waals surface area (Å²) in [6, 6.07) is 7.78. The van der Waals surface area contributed by atoms with Gasteiger partial charge in [-0.15, -0.1) is 0 Å². The van der Waals surface area contributed by atoms with Crippen LogP contribution >= 0.6 is 0 Å². The average Bonchev–Trinajstić information content (AvgIpc) is 2.89. The molecule has 1 unspecified atom stereocenters. The zero-order valence-electron chi connectivity index (χ0n) is 11.4. The van der Waals surface area contributed by atoms with Crippen LogP contribution in [0.1, 0.15) is 23.2 Å². The molecule has 1 aliphatic rings. The van der Waals surface area contributed by atoms with Gasteiger partial charge in [0.1, 0.15) is 0 Å². The van der Waals surface area contributed by atoms with Crippen LogP contribution in [0.5, 0.6) is 0 Å². The van der Waals surface area contributed by atoms with Crippen molar-refractivity contribution in [2.24, 2.45) is 0 Å². The normalized spacial score (nSPS) is 17.4. The van der Waals surface area contributed by atoms with E-state index in [0.717, 1.165) is 30.6 Å². The van der Waals surface area contributed by atoms with Crippen LogP contribution in [-0.2, 0) is 12.8 Å². The summed E-state index contributed by atoms with van der Waals surface area (Å²) in [7, 11) is 0. The van der Waals surface area contributed by atoms with Crippen LogP contribution in [0.4, 0.5) is 10.5 Å². The standard InChI is InChI=1S/C15H18N4O/c1-10-2-5-12(6-3-10)17-15(20)18-13-7-4-11-9-16-19-14(11)8-13/h2-3,5-6,9,13H,4,7-8H2,1H3,(H,16,19)(H2,17,18,20). The first-order valence-electron chi connectivity index (χ1n) is 6.86. The lowest BCUT2D eigenvalue weighted by Crippen LogP contribution is -2.41. The van der Waals surface area contributed by atoms with Crippen LogP contribution in [-0.4, -0.2) is 22.3 Å². The molecule has 3 N–H and O–H groups in total. The highest BCUT2D eigenvalue weighted by Crippen LogP contribution is 2.19. The summed E-state index contributed by atoms with van der Waals surface area (Å²) in [5, 5.41) is 12.9. The number of fused-ring (bicyclic) bond motifs is 1. The molecule has 0 aliphatic heterocycles. The number of amides is 2. The van der Waals surface area contributed by atoms with Crippen molar-refractivity contribution >= 4 is 11.7 Å². The van der Waals surface area contributed by atoms with Gasteiger partial charge >= 0.3 is 6.03 Å². The number of urea groups is 1. The molecule has 1 heterocycles. The zero-order chi connectivity index (χ0) is 13.9. The van der Waals surface area contributed by atoms with E-state index in [1.165, 1.54) is 11.1 Å². The number of H-pyrrole nitrogens is 1. The highest BCUT2D eigenvalue weighted by Gasteiger charge is 2.21. The second-order valence-electron chi connectivity index (χ2n) is 5.28. The van der Waals surface area contributed by atoms with E-state index < -0.39 is 0 Å². The minimum absolute atomic E-state index is 0.151. The summed E-state index contributed by atoms with van der Waals surface area (Å²) in [6.45, 7) is 2.02. The molecule has 20 heavy (non-hydrogen) atoms. The van der Waals surface area contributed by atoms with E-state index in [4.69, 9.17) is 0 Å². The van der Waals surface area contributed by atoms with E-state index in [1.54, 1.807) is 0 Å². The van der Waals surface area contributed by atoms with Gasteiger partial charge in [0.2, 0.25) is 0 Å². The predicted octanol–water partition coefficient (Wildman–Crippen LogP) is 2.40. The maximum atomic E-state index is 12.0. The Labute approximate surface area is 117 Å². The lowest BCUT2D eigenvalue weighted by Gasteiger charge is -2.22. The van der Waals surface area contributed by atoms with E-state index >= 15 is 0 Å². The molecule has 1 atom stereocenters. The van der Waals surface area contributed by atoms with E-state index in [9.17, 15) is 4.79 Å². The first-order valence-corrected chi connectivity index (χ1v) is 6.86. The van der Waals surface area contributed by atoms with Gasteiger partial charge in [0, 0.05) is 23.8 Å². The molecule has 0 spiro atoms. The van der Waals surface area contributed by atoms with Gasteiger partial charge in [-0.2, -0.15) is 5.10 Å². The minimum atomic E-state index is -0.151. The molecular weight excluding hydrogens is 252 g/mol. The molecule has 0 saturated heterocycles. The molecule has 1 aliphatic carbocycles. The average molecular weight is 270 g/mol. The molecule has 1 aromatic carbocycles. The maximum absolute atomic E-state index is 12.0. The monoisotopic (exact) mass is 270 g/mol. The van der Waals surface area contributed by atoms with Gasteiger partial charge in [0.15, 0.2) is 0 Å². The quantitative estimate of drug-likeness (QED) is 0.784. The number of aromatic nitrogens is 2. The Balaban J connectivity index is 1.56. The molecule has 1 aromatic heterocycles. The number of carbonyl (C=O) groups is 1. The first-order chi connectivity index (χ1) is 9.70. The van der Waals surface area contributed by atoms with Crippen LogP contribution in [0.15, 0.2) is 30.5 Å². The zero-order valence-corrected chi connectivity index (χ0v) is 11.4. The third-order valence-electron chi connectivity index (χ3n) is 3.66. The van der Waals surface area contributed by atoms with Crippen molar-refractivity contribution < 1.29 is 4.79 Å². The van der Waals surface area contributed by atoms with E-state index in [2.05, 4.69) is 20.8 Å². The number of hydrogen-bond acceptors (Lipinski definition) is 2. The Morgan fingerprint density at radius 1 is 1.35 bits per heavy atom. The van der Waals surface area contributed by atoms with Crippen LogP contribution in [0.3, 0.4) is 0 Å². The number of benzene rings is 1. The number of anilines is 1. The molecule has 2 aromatic rings. The molecule has 104 valence electrons. The fourth-order valence-electron chi connectivity index (χ4n) is 2.52. The Kier molecular flexibility index (Phi) is 3.41.